The average molecular weight is 369 g/mol. The van der Waals surface area contributed by atoms with Crippen molar-refractivity contribution in [3.8, 4) is 16.9 Å². The van der Waals surface area contributed by atoms with E-state index in [0.717, 1.165) is 16.1 Å². The number of nitrogens with one attached hydrogen (secondary N) is 1. The SMILES string of the molecule is COc1cccc(N=c2ssc3c2-c2cc(C)ccc2NC3(C)C)c1. The third-order valence-corrected chi connectivity index (χ3v) is 7.03. The van der Waals surface area contributed by atoms with Gasteiger partial charge in [-0.2, -0.15) is 0 Å². The van der Waals surface area contributed by atoms with E-state index < -0.39 is 0 Å². The largest absolute Gasteiger partial charge is 0.497 e. The molecule has 1 aliphatic heterocycles. The summed E-state index contributed by atoms with van der Waals surface area (Å²) in [4.78, 5) is 6.28. The van der Waals surface area contributed by atoms with Gasteiger partial charge in [0.1, 0.15) is 10.4 Å². The normalized spacial score (nSPS) is 15.3. The van der Waals surface area contributed by atoms with Crippen LogP contribution < -0.4 is 14.7 Å². The molecule has 2 aromatic carbocycles. The van der Waals surface area contributed by atoms with Gasteiger partial charge >= 0.3 is 0 Å². The molecule has 0 unspecified atom stereocenters. The van der Waals surface area contributed by atoms with E-state index in [2.05, 4.69) is 44.3 Å². The van der Waals surface area contributed by atoms with Gasteiger partial charge in [-0.15, -0.1) is 0 Å². The van der Waals surface area contributed by atoms with Crippen LogP contribution in [0, 0.1) is 6.92 Å². The molecule has 2 heterocycles. The van der Waals surface area contributed by atoms with Gasteiger partial charge in [0.15, 0.2) is 0 Å². The second kappa shape index (κ2) is 6.00. The molecule has 0 spiro atoms. The lowest BCUT2D eigenvalue weighted by Crippen LogP contribution is -2.31. The van der Waals surface area contributed by atoms with Crippen LogP contribution in [0.25, 0.3) is 11.1 Å². The van der Waals surface area contributed by atoms with E-state index in [4.69, 9.17) is 9.73 Å². The van der Waals surface area contributed by atoms with E-state index in [1.54, 1.807) is 17.5 Å². The van der Waals surface area contributed by atoms with Crippen molar-refractivity contribution in [2.75, 3.05) is 12.4 Å². The molecule has 0 amide bonds. The number of aryl methyl sites for hydroxylation is 1. The summed E-state index contributed by atoms with van der Waals surface area (Å²) in [6.07, 6.45) is 0. The van der Waals surface area contributed by atoms with E-state index in [0.29, 0.717) is 0 Å². The Labute approximate surface area is 155 Å². The van der Waals surface area contributed by atoms with Gasteiger partial charge in [-0.1, -0.05) is 38.4 Å². The quantitative estimate of drug-likeness (QED) is 0.590. The predicted octanol–water partition coefficient (Wildman–Crippen LogP) is 5.69. The molecule has 1 aliphatic rings. The first-order valence-electron chi connectivity index (χ1n) is 8.19. The van der Waals surface area contributed by atoms with Crippen molar-refractivity contribution in [1.82, 2.24) is 0 Å². The molecule has 0 saturated carbocycles. The number of methoxy groups -OCH3 is 1. The van der Waals surface area contributed by atoms with Gasteiger partial charge in [0.25, 0.3) is 0 Å². The Hall–Kier alpha value is -2.11. The number of nitrogens with zero attached hydrogens (tertiary/aromatic N) is 1. The zero-order valence-electron chi connectivity index (χ0n) is 14.7. The van der Waals surface area contributed by atoms with Crippen LogP contribution >= 0.6 is 20.7 Å². The van der Waals surface area contributed by atoms with Gasteiger partial charge in [0.2, 0.25) is 0 Å². The minimum Gasteiger partial charge on any atom is -0.497 e. The molecule has 0 aliphatic carbocycles. The van der Waals surface area contributed by atoms with Crippen molar-refractivity contribution >= 4 is 32.1 Å². The van der Waals surface area contributed by atoms with Crippen molar-refractivity contribution < 1.29 is 4.74 Å². The van der Waals surface area contributed by atoms with Gasteiger partial charge in [-0.3, -0.25) is 0 Å². The summed E-state index contributed by atoms with van der Waals surface area (Å²) in [7, 11) is 5.23. The van der Waals surface area contributed by atoms with Crippen LogP contribution in [0.3, 0.4) is 0 Å². The smallest absolute Gasteiger partial charge is 0.135 e. The molecule has 1 N–H and O–H groups in total. The van der Waals surface area contributed by atoms with Gasteiger partial charge in [-0.05, 0) is 45.0 Å². The number of anilines is 1. The molecule has 5 heteroatoms. The minimum atomic E-state index is -0.0963. The number of benzene rings is 2. The second-order valence-electron chi connectivity index (χ2n) is 6.79. The predicted molar refractivity (Wildman–Crippen MR) is 107 cm³/mol. The summed E-state index contributed by atoms with van der Waals surface area (Å²) in [5.41, 5.74) is 5.77. The number of hydrogen-bond donors (Lipinski definition) is 1. The van der Waals surface area contributed by atoms with Crippen molar-refractivity contribution in [1.29, 1.82) is 0 Å². The molecular formula is C20H20N2OS2. The first-order valence-corrected chi connectivity index (χ1v) is 10.3. The molecule has 0 bridgehead atoms. The van der Waals surface area contributed by atoms with Gasteiger partial charge < -0.3 is 10.1 Å². The standard InChI is InChI=1S/C20H20N2OS2/c1-12-8-9-16-15(10-12)17-18(20(2,3)22-16)24-25-19(17)21-13-6-5-7-14(11-13)23-4/h5-11,22H,1-4H3. The summed E-state index contributed by atoms with van der Waals surface area (Å²) < 4.78 is 6.39. The first kappa shape index (κ1) is 16.4. The summed E-state index contributed by atoms with van der Waals surface area (Å²) in [6, 6.07) is 14.5. The van der Waals surface area contributed by atoms with Crippen LogP contribution in [0.1, 0.15) is 24.3 Å². The Kier molecular flexibility index (Phi) is 3.93. The Morgan fingerprint density at radius 2 is 1.92 bits per heavy atom. The average Bonchev–Trinajstić information content (AvgIpc) is 3.01. The van der Waals surface area contributed by atoms with Crippen molar-refractivity contribution in [3.63, 3.8) is 0 Å². The van der Waals surface area contributed by atoms with Gasteiger partial charge in [0, 0.05) is 22.9 Å². The van der Waals surface area contributed by atoms with Gasteiger partial charge in [-0.25, -0.2) is 4.99 Å². The summed E-state index contributed by atoms with van der Waals surface area (Å²) in [5.74, 6) is 0.827. The maximum atomic E-state index is 5.33. The molecule has 0 atom stereocenters. The van der Waals surface area contributed by atoms with Crippen molar-refractivity contribution in [2.45, 2.75) is 26.3 Å². The number of hydrogen-bond acceptors (Lipinski definition) is 5. The zero-order valence-corrected chi connectivity index (χ0v) is 16.3. The van der Waals surface area contributed by atoms with Crippen molar-refractivity contribution in [2.24, 2.45) is 4.99 Å². The fraction of sp³-hybridized carbons (Fsp3) is 0.250. The van der Waals surface area contributed by atoms with Crippen molar-refractivity contribution in [3.05, 3.63) is 57.6 Å². The zero-order chi connectivity index (χ0) is 17.6. The molecule has 0 fully saturated rings. The second-order valence-corrected chi connectivity index (χ2v) is 8.92. The van der Waals surface area contributed by atoms with Gasteiger partial charge in [0.05, 0.1) is 23.2 Å². The highest BCUT2D eigenvalue weighted by Gasteiger charge is 2.33. The number of ether oxygens (including phenoxy) is 1. The molecule has 4 rings (SSSR count). The molecule has 25 heavy (non-hydrogen) atoms. The van der Waals surface area contributed by atoms with Crippen LogP contribution in [0.5, 0.6) is 5.75 Å². The summed E-state index contributed by atoms with van der Waals surface area (Å²) >= 11 is 0. The number of fused-ring (bicyclic) bond motifs is 3. The lowest BCUT2D eigenvalue weighted by atomic mass is 9.89. The molecule has 3 nitrogen and oxygen atoms in total. The highest BCUT2D eigenvalue weighted by atomic mass is 32.9. The lowest BCUT2D eigenvalue weighted by molar-refractivity contribution is 0.415. The third kappa shape index (κ3) is 2.87. The molecule has 1 aromatic heterocycles. The maximum absolute atomic E-state index is 5.33. The monoisotopic (exact) mass is 368 g/mol. The summed E-state index contributed by atoms with van der Waals surface area (Å²) in [6.45, 7) is 6.59. The fourth-order valence-corrected chi connectivity index (χ4v) is 6.09. The number of rotatable bonds is 2. The summed E-state index contributed by atoms with van der Waals surface area (Å²) in [5, 5.41) is 3.67. The lowest BCUT2D eigenvalue weighted by Gasteiger charge is -2.33. The Morgan fingerprint density at radius 1 is 1.08 bits per heavy atom. The fourth-order valence-electron chi connectivity index (χ4n) is 3.15. The van der Waals surface area contributed by atoms with Crippen LogP contribution in [0.2, 0.25) is 0 Å². The Morgan fingerprint density at radius 3 is 2.72 bits per heavy atom. The van der Waals surface area contributed by atoms with E-state index >= 15 is 0 Å². The Balaban J connectivity index is 1.96. The van der Waals surface area contributed by atoms with E-state index in [-0.39, 0.29) is 5.54 Å². The molecule has 3 aromatic rings. The molecule has 0 radical (unpaired) electrons. The van der Waals surface area contributed by atoms with E-state index in [1.807, 2.05) is 34.6 Å². The van der Waals surface area contributed by atoms with E-state index in [9.17, 15) is 0 Å². The highest BCUT2D eigenvalue weighted by molar-refractivity contribution is 7.68. The van der Waals surface area contributed by atoms with Crippen LogP contribution in [0.15, 0.2) is 47.5 Å². The van der Waals surface area contributed by atoms with E-state index in [1.165, 1.54) is 27.3 Å². The molecular weight excluding hydrogens is 348 g/mol. The van der Waals surface area contributed by atoms with Crippen LogP contribution in [-0.2, 0) is 5.54 Å². The molecule has 0 saturated heterocycles. The Bertz CT molecular complexity index is 1010. The maximum Gasteiger partial charge on any atom is 0.135 e. The molecule has 128 valence electrons. The van der Waals surface area contributed by atoms with Crippen LogP contribution in [-0.4, -0.2) is 7.11 Å². The first-order chi connectivity index (χ1) is 12.0. The van der Waals surface area contributed by atoms with Crippen LogP contribution in [0.4, 0.5) is 11.4 Å². The third-order valence-electron chi connectivity index (χ3n) is 4.39. The topological polar surface area (TPSA) is 33.6 Å². The highest BCUT2D eigenvalue weighted by Crippen LogP contribution is 2.45. The minimum absolute atomic E-state index is 0.0963.